The second kappa shape index (κ2) is 7.44. The minimum absolute atomic E-state index is 0.0154. The number of ether oxygens (including phenoxy) is 1. The summed E-state index contributed by atoms with van der Waals surface area (Å²) in [5, 5.41) is 5.75. The summed E-state index contributed by atoms with van der Waals surface area (Å²) in [5.74, 6) is 1.29. The van der Waals surface area contributed by atoms with Crippen LogP contribution in [0, 0.1) is 23.2 Å². The van der Waals surface area contributed by atoms with Crippen LogP contribution in [0.1, 0.15) is 71.1 Å². The van der Waals surface area contributed by atoms with Crippen LogP contribution in [0.25, 0.3) is 0 Å². The summed E-state index contributed by atoms with van der Waals surface area (Å²) < 4.78 is 5.23. The van der Waals surface area contributed by atoms with Gasteiger partial charge in [-0.2, -0.15) is 0 Å². The lowest BCUT2D eigenvalue weighted by Gasteiger charge is -2.55. The normalized spacial score (nSPS) is 35.7. The van der Waals surface area contributed by atoms with Crippen molar-refractivity contribution >= 4 is 17.8 Å². The number of amides is 2. The summed E-state index contributed by atoms with van der Waals surface area (Å²) >= 11 is 0. The van der Waals surface area contributed by atoms with E-state index in [4.69, 9.17) is 4.74 Å². The Hall–Kier alpha value is -1.59. The van der Waals surface area contributed by atoms with E-state index in [1.807, 2.05) is 0 Å². The van der Waals surface area contributed by atoms with Gasteiger partial charge in [-0.3, -0.25) is 14.4 Å². The van der Waals surface area contributed by atoms with Crippen molar-refractivity contribution in [3.05, 3.63) is 0 Å². The monoisotopic (exact) mass is 376 g/mol. The molecule has 0 saturated heterocycles. The summed E-state index contributed by atoms with van der Waals surface area (Å²) in [7, 11) is 0. The molecule has 4 bridgehead atoms. The van der Waals surface area contributed by atoms with Gasteiger partial charge in [0.1, 0.15) is 6.54 Å². The maximum Gasteiger partial charge on any atom is 0.326 e. The minimum Gasteiger partial charge on any atom is -0.451 e. The Bertz CT molecular complexity index is 576. The van der Waals surface area contributed by atoms with Crippen LogP contribution in [-0.2, 0) is 19.1 Å². The molecule has 0 heterocycles. The average molecular weight is 376 g/mol. The molecular weight excluding hydrogens is 344 g/mol. The van der Waals surface area contributed by atoms with Crippen molar-refractivity contribution in [2.75, 3.05) is 6.54 Å². The molecule has 2 N–H and O–H groups in total. The van der Waals surface area contributed by atoms with E-state index in [2.05, 4.69) is 10.6 Å². The van der Waals surface area contributed by atoms with Gasteiger partial charge in [-0.25, -0.2) is 0 Å². The van der Waals surface area contributed by atoms with Crippen LogP contribution < -0.4 is 10.6 Å². The van der Waals surface area contributed by atoms with Crippen LogP contribution in [-0.4, -0.2) is 36.5 Å². The number of esters is 1. The van der Waals surface area contributed by atoms with Gasteiger partial charge in [0.15, 0.2) is 6.10 Å². The number of nitrogens with one attached hydrogen (secondary N) is 2. The van der Waals surface area contributed by atoms with Crippen molar-refractivity contribution in [2.24, 2.45) is 23.2 Å². The summed E-state index contributed by atoms with van der Waals surface area (Å²) in [6.07, 6.45) is 10.2. The van der Waals surface area contributed by atoms with Crippen molar-refractivity contribution in [3.8, 4) is 0 Å². The van der Waals surface area contributed by atoms with Gasteiger partial charge >= 0.3 is 5.97 Å². The van der Waals surface area contributed by atoms with Crippen molar-refractivity contribution in [3.63, 3.8) is 0 Å². The number of hydrogen-bond donors (Lipinski definition) is 2. The van der Waals surface area contributed by atoms with Gasteiger partial charge in [0.05, 0.1) is 0 Å². The zero-order chi connectivity index (χ0) is 19.0. The number of rotatable bonds is 6. The fourth-order valence-corrected chi connectivity index (χ4v) is 6.41. The van der Waals surface area contributed by atoms with Crippen molar-refractivity contribution in [2.45, 2.75) is 83.3 Å². The summed E-state index contributed by atoms with van der Waals surface area (Å²) in [4.78, 5) is 37.1. The Kier molecular flexibility index (Phi) is 5.17. The number of carbonyl (C=O) groups excluding carboxylic acids is 3. The Balaban J connectivity index is 1.23. The van der Waals surface area contributed by atoms with E-state index < -0.39 is 12.1 Å². The third-order valence-electron chi connectivity index (χ3n) is 7.29. The van der Waals surface area contributed by atoms with E-state index in [-0.39, 0.29) is 29.8 Å². The maximum absolute atomic E-state index is 12.9. The Morgan fingerprint density at radius 3 is 2.11 bits per heavy atom. The first-order valence-corrected chi connectivity index (χ1v) is 10.7. The lowest BCUT2D eigenvalue weighted by Crippen LogP contribution is -2.54. The van der Waals surface area contributed by atoms with Crippen molar-refractivity contribution in [1.82, 2.24) is 10.6 Å². The lowest BCUT2D eigenvalue weighted by molar-refractivity contribution is -0.156. The molecule has 5 fully saturated rings. The van der Waals surface area contributed by atoms with Gasteiger partial charge in [-0.05, 0) is 76.0 Å². The smallest absolute Gasteiger partial charge is 0.326 e. The summed E-state index contributed by atoms with van der Waals surface area (Å²) in [6.45, 7) is 1.44. The third-order valence-corrected chi connectivity index (χ3v) is 7.29. The van der Waals surface area contributed by atoms with Crippen molar-refractivity contribution < 1.29 is 19.1 Å². The number of carbonyl (C=O) groups is 3. The highest BCUT2D eigenvalue weighted by Crippen LogP contribution is 2.60. The molecule has 5 aliphatic rings. The maximum atomic E-state index is 12.9. The van der Waals surface area contributed by atoms with Gasteiger partial charge in [0.2, 0.25) is 5.91 Å². The molecule has 0 aliphatic heterocycles. The van der Waals surface area contributed by atoms with Gasteiger partial charge < -0.3 is 15.4 Å². The predicted octanol–water partition coefficient (Wildman–Crippen LogP) is 2.31. The number of hydrogen-bond acceptors (Lipinski definition) is 4. The molecule has 5 saturated carbocycles. The molecular formula is C21H32N2O4. The van der Waals surface area contributed by atoms with Crippen LogP contribution in [0.5, 0.6) is 0 Å². The molecule has 150 valence electrons. The average Bonchev–Trinajstić information content (AvgIpc) is 3.11. The Labute approximate surface area is 161 Å². The molecule has 0 radical (unpaired) electrons. The van der Waals surface area contributed by atoms with Crippen LogP contribution in [0.4, 0.5) is 0 Å². The highest BCUT2D eigenvalue weighted by atomic mass is 16.5. The molecule has 0 aromatic heterocycles. The first-order valence-electron chi connectivity index (χ1n) is 10.7. The van der Waals surface area contributed by atoms with E-state index in [0.717, 1.165) is 44.9 Å². The second-order valence-corrected chi connectivity index (χ2v) is 9.50. The second-order valence-electron chi connectivity index (χ2n) is 9.50. The van der Waals surface area contributed by atoms with E-state index in [1.54, 1.807) is 6.92 Å². The van der Waals surface area contributed by atoms with Gasteiger partial charge in [-0.15, -0.1) is 0 Å². The highest BCUT2D eigenvalue weighted by molar-refractivity contribution is 5.88. The fraction of sp³-hybridized carbons (Fsp3) is 0.857. The van der Waals surface area contributed by atoms with E-state index in [0.29, 0.717) is 17.8 Å². The van der Waals surface area contributed by atoms with Gasteiger partial charge in [0, 0.05) is 11.5 Å². The highest BCUT2D eigenvalue weighted by Gasteiger charge is 2.54. The molecule has 6 nitrogen and oxygen atoms in total. The van der Waals surface area contributed by atoms with Gasteiger partial charge in [-0.1, -0.05) is 12.8 Å². The minimum atomic E-state index is -0.824. The SMILES string of the molecule is C[C@@H](OC(=O)CNC(=O)C12CC3CC(CC(C3)C1)C2)C(=O)NC1CCCC1. The Morgan fingerprint density at radius 1 is 1.00 bits per heavy atom. The predicted molar refractivity (Wildman–Crippen MR) is 99.6 cm³/mol. The topological polar surface area (TPSA) is 84.5 Å². The van der Waals surface area contributed by atoms with Crippen molar-refractivity contribution in [1.29, 1.82) is 0 Å². The van der Waals surface area contributed by atoms with E-state index in [9.17, 15) is 14.4 Å². The molecule has 5 aliphatic carbocycles. The molecule has 5 rings (SSSR count). The summed E-state index contributed by atoms with van der Waals surface area (Å²) in [6, 6.07) is 0.203. The molecule has 0 spiro atoms. The fourth-order valence-electron chi connectivity index (χ4n) is 6.41. The molecule has 0 aromatic rings. The first-order chi connectivity index (χ1) is 12.9. The Morgan fingerprint density at radius 2 is 1.56 bits per heavy atom. The van der Waals surface area contributed by atoms with Crippen LogP contribution >= 0.6 is 0 Å². The zero-order valence-corrected chi connectivity index (χ0v) is 16.3. The van der Waals surface area contributed by atoms with Gasteiger partial charge in [0.25, 0.3) is 5.91 Å². The van der Waals surface area contributed by atoms with E-state index in [1.165, 1.54) is 19.3 Å². The van der Waals surface area contributed by atoms with Crippen LogP contribution in [0.2, 0.25) is 0 Å². The van der Waals surface area contributed by atoms with Crippen LogP contribution in [0.15, 0.2) is 0 Å². The lowest BCUT2D eigenvalue weighted by atomic mass is 9.49. The van der Waals surface area contributed by atoms with Crippen LogP contribution in [0.3, 0.4) is 0 Å². The largest absolute Gasteiger partial charge is 0.451 e. The zero-order valence-electron chi connectivity index (χ0n) is 16.3. The summed E-state index contributed by atoms with van der Waals surface area (Å²) in [5.41, 5.74) is -0.263. The molecule has 0 unspecified atom stereocenters. The first kappa shape index (κ1) is 18.8. The third kappa shape index (κ3) is 3.99. The molecule has 1 atom stereocenters. The molecule has 6 heteroatoms. The standard InChI is InChI=1S/C21H32N2O4/c1-13(19(25)23-17-4-2-3-5-17)27-18(24)12-22-20(26)21-9-14-6-15(10-21)8-16(7-14)11-21/h13-17H,2-12H2,1H3,(H,22,26)(H,23,25)/t13-,14?,15?,16?,21?/m1/s1. The molecule has 2 amide bonds. The molecule has 0 aromatic carbocycles. The quantitative estimate of drug-likeness (QED) is 0.697. The van der Waals surface area contributed by atoms with E-state index >= 15 is 0 Å². The molecule has 27 heavy (non-hydrogen) atoms.